The number of carboxylic acids is 2. The average Bonchev–Trinajstić information content (AvgIpc) is 3.86. The first kappa shape index (κ1) is 52.0. The van der Waals surface area contributed by atoms with Crippen molar-refractivity contribution in [3.05, 3.63) is 217 Å². The van der Waals surface area contributed by atoms with E-state index in [1.807, 2.05) is 188 Å². The van der Waals surface area contributed by atoms with Crippen molar-refractivity contribution in [2.45, 2.75) is 28.2 Å². The summed E-state index contributed by atoms with van der Waals surface area (Å²) in [5.74, 6) is -2.45. The van der Waals surface area contributed by atoms with Crippen molar-refractivity contribution >= 4 is 99.4 Å². The molecule has 4 heterocycles. The first-order chi connectivity index (χ1) is 39.5. The van der Waals surface area contributed by atoms with Crippen LogP contribution in [0.4, 0.5) is 59.9 Å². The summed E-state index contributed by atoms with van der Waals surface area (Å²) in [6, 6.07) is 59.0. The first-order valence-electron chi connectivity index (χ1n) is 26.5. The zero-order valence-electron chi connectivity index (χ0n) is 43.6. The van der Waals surface area contributed by atoms with Gasteiger partial charge in [0.25, 0.3) is 0 Å². The molecule has 404 valence electrons. The summed E-state index contributed by atoms with van der Waals surface area (Å²) in [5, 5.41) is 33.8. The Morgan fingerprint density at radius 1 is 0.481 bits per heavy atom. The fraction of sp³-hybridized carbons (Fsp3) is 0.141. The van der Waals surface area contributed by atoms with E-state index in [1.54, 1.807) is 45.0 Å². The number of anilines is 8. The van der Waals surface area contributed by atoms with Gasteiger partial charge in [0, 0.05) is 53.9 Å². The second kappa shape index (κ2) is 22.2. The number of piperazine rings is 2. The number of carboxylic acid groups (broad SMARTS) is 2. The van der Waals surface area contributed by atoms with E-state index in [0.717, 1.165) is 26.5 Å². The highest BCUT2D eigenvalue weighted by Gasteiger charge is 2.44. The van der Waals surface area contributed by atoms with Crippen molar-refractivity contribution in [1.29, 1.82) is 0 Å². The number of carbonyl (C=O) groups is 5. The summed E-state index contributed by atoms with van der Waals surface area (Å²) in [4.78, 5) is 85.7. The van der Waals surface area contributed by atoms with Gasteiger partial charge in [0.05, 0.1) is 40.7 Å². The minimum absolute atomic E-state index is 0.0438. The monoisotopic (exact) mass is 1090 g/mol. The molecular weight excluding hydrogens is 1040 g/mol. The van der Waals surface area contributed by atoms with Crippen LogP contribution in [0.3, 0.4) is 0 Å². The van der Waals surface area contributed by atoms with Gasteiger partial charge >= 0.3 is 30.0 Å². The molecule has 2 saturated heterocycles. The highest BCUT2D eigenvalue weighted by atomic mass is 32.2. The van der Waals surface area contributed by atoms with Gasteiger partial charge < -0.3 is 34.9 Å². The predicted molar refractivity (Wildman–Crippen MR) is 314 cm³/mol. The van der Waals surface area contributed by atoms with Crippen LogP contribution in [0, 0.1) is 0 Å². The molecule has 4 aliphatic heterocycles. The molecule has 16 nitrogen and oxygen atoms in total. The van der Waals surface area contributed by atoms with Crippen molar-refractivity contribution in [1.82, 2.24) is 19.6 Å². The van der Waals surface area contributed by atoms with Crippen LogP contribution in [-0.2, 0) is 9.59 Å². The third kappa shape index (κ3) is 9.87. The van der Waals surface area contributed by atoms with Crippen molar-refractivity contribution < 1.29 is 39.3 Å². The maximum absolute atomic E-state index is 15.3. The van der Waals surface area contributed by atoms with Crippen LogP contribution in [0.2, 0.25) is 0 Å². The van der Waals surface area contributed by atoms with Gasteiger partial charge in [-0.05, 0) is 101 Å². The van der Waals surface area contributed by atoms with E-state index in [4.69, 9.17) is 0 Å². The molecule has 6 amide bonds. The van der Waals surface area contributed by atoms with Gasteiger partial charge in [-0.1, -0.05) is 151 Å². The topological polar surface area (TPSA) is 172 Å². The van der Waals surface area contributed by atoms with Gasteiger partial charge in [-0.2, -0.15) is 0 Å². The zero-order chi connectivity index (χ0) is 55.7. The summed E-state index contributed by atoms with van der Waals surface area (Å²) in [6.07, 6.45) is 2.52. The lowest BCUT2D eigenvalue weighted by atomic mass is 10.0. The molecule has 1 unspecified atom stereocenters. The van der Waals surface area contributed by atoms with E-state index < -0.39 is 48.5 Å². The Morgan fingerprint density at radius 3 is 1.57 bits per heavy atom. The Bertz CT molecular complexity index is 3650. The number of hydrogen-bond acceptors (Lipinski definition) is 9. The third-order valence-corrected chi connectivity index (χ3v) is 16.3. The number of hydrogen-bond donors (Lipinski definition) is 3. The molecule has 12 rings (SSSR count). The van der Waals surface area contributed by atoms with E-state index in [2.05, 4.69) is 0 Å². The molecule has 8 aromatic rings. The van der Waals surface area contributed by atoms with E-state index in [0.29, 0.717) is 51.1 Å². The molecule has 0 radical (unpaired) electrons. The third-order valence-electron chi connectivity index (χ3n) is 15.1. The Hall–Kier alpha value is -9.68. The lowest BCUT2D eigenvalue weighted by Gasteiger charge is -2.46. The van der Waals surface area contributed by atoms with Crippen LogP contribution in [0.1, 0.15) is 11.1 Å². The number of fused-ring (bicyclic) bond motifs is 4. The molecule has 81 heavy (non-hydrogen) atoms. The minimum atomic E-state index is -1.40. The molecule has 3 N–H and O–H groups in total. The van der Waals surface area contributed by atoms with Gasteiger partial charge in [0.1, 0.15) is 12.1 Å². The molecular formula is C64H54N8O8S. The fourth-order valence-electron chi connectivity index (χ4n) is 11.2. The SMILES string of the molecule is O=C(O)[C@H]1CN(C(=O)N2c3ccccc3C=Cc3ccccc32)CCN1C(=O)N(c1ccccc1)c1cccc(-c2cccc3c2Sc2ccccc2N3C(=O)N2CCN(C(O)N(c3ccccc3)c3ccccc3)[C@H](C(=O)O)C2)c1. The largest absolute Gasteiger partial charge is 0.480 e. The van der Waals surface area contributed by atoms with E-state index in [9.17, 15) is 29.7 Å². The molecule has 8 aromatic carbocycles. The number of para-hydroxylation sites is 6. The number of aliphatic hydroxyl groups is 1. The molecule has 3 atom stereocenters. The lowest BCUT2D eigenvalue weighted by molar-refractivity contribution is -0.151. The van der Waals surface area contributed by atoms with Crippen LogP contribution in [0.15, 0.2) is 216 Å². The predicted octanol–water partition coefficient (Wildman–Crippen LogP) is 12.0. The summed E-state index contributed by atoms with van der Waals surface area (Å²) >= 11 is 1.48. The Kier molecular flexibility index (Phi) is 14.3. The summed E-state index contributed by atoms with van der Waals surface area (Å²) < 4.78 is 0. The molecule has 2 fully saturated rings. The number of carbonyl (C=O) groups excluding carboxylic acids is 3. The van der Waals surface area contributed by atoms with Crippen molar-refractivity contribution in [2.24, 2.45) is 0 Å². The minimum Gasteiger partial charge on any atom is -0.480 e. The summed E-state index contributed by atoms with van der Waals surface area (Å²) in [7, 11) is 0. The van der Waals surface area contributed by atoms with Gasteiger partial charge in [0.15, 0.2) is 6.35 Å². The highest BCUT2D eigenvalue weighted by Crippen LogP contribution is 2.52. The molecule has 0 aliphatic carbocycles. The van der Waals surface area contributed by atoms with Gasteiger partial charge in [-0.15, -0.1) is 0 Å². The van der Waals surface area contributed by atoms with Crippen LogP contribution < -0.4 is 19.6 Å². The van der Waals surface area contributed by atoms with Gasteiger partial charge in [-0.3, -0.25) is 19.5 Å². The first-order valence-corrected chi connectivity index (χ1v) is 27.3. The quantitative estimate of drug-likeness (QED) is 0.117. The summed E-state index contributed by atoms with van der Waals surface area (Å²) in [5.41, 5.74) is 7.84. The number of amides is 6. The summed E-state index contributed by atoms with van der Waals surface area (Å²) in [6.45, 7) is -0.350. The Labute approximate surface area is 471 Å². The Balaban J connectivity index is 0.837. The molecule has 0 saturated carbocycles. The average molecular weight is 1100 g/mol. The second-order valence-corrected chi connectivity index (χ2v) is 20.9. The van der Waals surface area contributed by atoms with E-state index in [-0.39, 0.29) is 39.3 Å². The zero-order valence-corrected chi connectivity index (χ0v) is 44.4. The number of benzene rings is 8. The number of rotatable bonds is 9. The highest BCUT2D eigenvalue weighted by molar-refractivity contribution is 8.00. The lowest BCUT2D eigenvalue weighted by Crippen LogP contribution is -2.64. The number of aliphatic hydroxyl groups excluding tert-OH is 1. The molecule has 17 heteroatoms. The molecule has 0 bridgehead atoms. The van der Waals surface area contributed by atoms with Crippen molar-refractivity contribution in [2.75, 3.05) is 58.9 Å². The van der Waals surface area contributed by atoms with Crippen LogP contribution in [0.25, 0.3) is 23.3 Å². The van der Waals surface area contributed by atoms with Gasteiger partial charge in [-0.25, -0.2) is 24.1 Å². The van der Waals surface area contributed by atoms with E-state index >= 15 is 9.59 Å². The van der Waals surface area contributed by atoms with E-state index in [1.165, 1.54) is 36.3 Å². The maximum Gasteiger partial charge on any atom is 0.329 e. The van der Waals surface area contributed by atoms with Crippen molar-refractivity contribution in [3.63, 3.8) is 0 Å². The van der Waals surface area contributed by atoms with Crippen LogP contribution in [-0.4, -0.2) is 123 Å². The number of aliphatic carboxylic acids is 2. The fourth-order valence-corrected chi connectivity index (χ4v) is 12.4. The molecule has 0 spiro atoms. The van der Waals surface area contributed by atoms with Crippen LogP contribution >= 0.6 is 11.8 Å². The van der Waals surface area contributed by atoms with Gasteiger partial charge in [0.2, 0.25) is 0 Å². The Morgan fingerprint density at radius 2 is 0.963 bits per heavy atom. The molecule has 4 aliphatic rings. The maximum atomic E-state index is 15.3. The molecule has 0 aromatic heterocycles. The van der Waals surface area contributed by atoms with Crippen LogP contribution in [0.5, 0.6) is 0 Å². The number of nitrogens with zero attached hydrogens (tertiary/aromatic N) is 8. The number of urea groups is 3. The normalized spacial score (nSPS) is 16.9. The van der Waals surface area contributed by atoms with Crippen molar-refractivity contribution in [3.8, 4) is 11.1 Å². The smallest absolute Gasteiger partial charge is 0.329 e. The second-order valence-electron chi connectivity index (χ2n) is 19.8. The standard InChI is InChI=1S/C64H54N8O8S/c73-59(74)55-42-66(37-38-67(55)63(79)69(46-21-4-1-5-22-46)47-23-6-2-7-24-47)62(78)72-53-31-14-15-33-57(53)81-58-50(28-17-32-54(58)72)45-20-16-27-49(40-45)70(48-25-8-3-9-26-48)64(80)68-39-36-65(41-56(68)60(75)76)61(77)71-51-29-12-10-18-43(51)34-35-44-19-11-13-30-52(44)71/h1-35,40,55-56,63,79H,36-39,41-42H2,(H,73,74)(H,75,76)/t55-,56+,63?/m0/s1.